The fraction of sp³-hybridized carbons (Fsp3) is 0.167. The van der Waals surface area contributed by atoms with Crippen molar-refractivity contribution in [3.05, 3.63) is 65.7 Å². The Morgan fingerprint density at radius 1 is 1.00 bits per heavy atom. The molecule has 0 atom stereocenters. The van der Waals surface area contributed by atoms with Crippen LogP contribution in [0.4, 0.5) is 16.2 Å². The topological polar surface area (TPSA) is 32.3 Å². The van der Waals surface area contributed by atoms with Crippen molar-refractivity contribution in [1.82, 2.24) is 0 Å². The second-order valence-corrected chi connectivity index (χ2v) is 5.42. The van der Waals surface area contributed by atoms with E-state index < -0.39 is 0 Å². The molecule has 0 bridgehead atoms. The molecule has 104 valence electrons. The highest BCUT2D eigenvalue weighted by Gasteiger charge is 2.30. The zero-order chi connectivity index (χ0) is 14.2. The molecule has 0 radical (unpaired) electrons. The first kappa shape index (κ1) is 12.2. The van der Waals surface area contributed by atoms with Gasteiger partial charge in [0.1, 0.15) is 0 Å². The summed E-state index contributed by atoms with van der Waals surface area (Å²) in [7, 11) is 0. The van der Waals surface area contributed by atoms with E-state index in [1.807, 2.05) is 41.3 Å². The van der Waals surface area contributed by atoms with Crippen LogP contribution in [0.5, 0.6) is 0 Å². The van der Waals surface area contributed by atoms with E-state index in [2.05, 4.69) is 23.5 Å². The van der Waals surface area contributed by atoms with Crippen molar-refractivity contribution in [1.29, 1.82) is 0 Å². The summed E-state index contributed by atoms with van der Waals surface area (Å²) < 4.78 is 0. The summed E-state index contributed by atoms with van der Waals surface area (Å²) in [6, 6.07) is 16.1. The Bertz CT molecular complexity index is 748. The number of aryl methyl sites for hydroxylation is 1. The lowest BCUT2D eigenvalue weighted by molar-refractivity contribution is 0.258. The molecule has 2 aromatic rings. The normalized spacial score (nSPS) is 16.7. The molecule has 0 saturated heterocycles. The zero-order valence-electron chi connectivity index (χ0n) is 11.7. The Morgan fingerprint density at radius 2 is 1.81 bits per heavy atom. The summed E-state index contributed by atoms with van der Waals surface area (Å²) in [6.07, 6.45) is 5.29. The highest BCUT2D eigenvalue weighted by molar-refractivity contribution is 6.16. The van der Waals surface area contributed by atoms with Crippen LogP contribution < -0.4 is 10.2 Å². The largest absolute Gasteiger partial charge is 0.330 e. The summed E-state index contributed by atoms with van der Waals surface area (Å²) in [6.45, 7) is 0. The molecule has 2 aromatic carbocycles. The number of anilines is 2. The first-order valence-corrected chi connectivity index (χ1v) is 7.33. The standard InChI is InChI=1S/C18H16N2O/c21-18-19-15-10-4-3-9-14(15)17-12-6-2-8-13-7-1-5-11-16(13)20(17)18/h1,3-5,7,9-12H,2,6,8H2,(H,19,21). The number of nitrogens with zero attached hydrogens (tertiary/aromatic N) is 1. The lowest BCUT2D eigenvalue weighted by Crippen LogP contribution is -2.38. The molecule has 2 aliphatic rings. The maximum absolute atomic E-state index is 12.6. The van der Waals surface area contributed by atoms with Crippen LogP contribution in [0.1, 0.15) is 24.0 Å². The number of rotatable bonds is 0. The number of hydrogen-bond donors (Lipinski definition) is 1. The minimum atomic E-state index is -0.0747. The van der Waals surface area contributed by atoms with Crippen LogP contribution in [0.2, 0.25) is 0 Å². The molecule has 0 unspecified atom stereocenters. The number of hydrogen-bond acceptors (Lipinski definition) is 1. The van der Waals surface area contributed by atoms with Crippen LogP contribution >= 0.6 is 0 Å². The highest BCUT2D eigenvalue weighted by atomic mass is 16.2. The molecule has 0 fully saturated rings. The second-order valence-electron chi connectivity index (χ2n) is 5.42. The quantitative estimate of drug-likeness (QED) is 0.759. The Labute approximate surface area is 123 Å². The van der Waals surface area contributed by atoms with Gasteiger partial charge in [-0.1, -0.05) is 42.5 Å². The number of carbonyl (C=O) groups is 1. The van der Waals surface area contributed by atoms with Gasteiger partial charge in [-0.05, 0) is 37.0 Å². The van der Waals surface area contributed by atoms with Crippen LogP contribution in [0.25, 0.3) is 5.70 Å². The molecule has 3 heteroatoms. The summed E-state index contributed by atoms with van der Waals surface area (Å²) in [5.41, 5.74) is 5.21. The van der Waals surface area contributed by atoms with Crippen molar-refractivity contribution < 1.29 is 4.79 Å². The van der Waals surface area contributed by atoms with Gasteiger partial charge < -0.3 is 5.32 Å². The van der Waals surface area contributed by atoms with Gasteiger partial charge in [-0.25, -0.2) is 4.79 Å². The van der Waals surface area contributed by atoms with E-state index in [1.165, 1.54) is 5.56 Å². The van der Waals surface area contributed by atoms with Gasteiger partial charge >= 0.3 is 6.03 Å². The molecule has 0 aromatic heterocycles. The SMILES string of the molecule is O=C1Nc2ccccc2C2=CCCCc3ccccc3N12. The lowest BCUT2D eigenvalue weighted by atomic mass is 9.97. The van der Waals surface area contributed by atoms with Crippen LogP contribution in [-0.2, 0) is 6.42 Å². The highest BCUT2D eigenvalue weighted by Crippen LogP contribution is 2.38. The van der Waals surface area contributed by atoms with Gasteiger partial charge in [0.15, 0.2) is 0 Å². The molecule has 21 heavy (non-hydrogen) atoms. The van der Waals surface area contributed by atoms with Crippen LogP contribution in [-0.4, -0.2) is 6.03 Å². The van der Waals surface area contributed by atoms with Crippen LogP contribution in [0.3, 0.4) is 0 Å². The molecule has 0 saturated carbocycles. The predicted octanol–water partition coefficient (Wildman–Crippen LogP) is 4.42. The van der Waals surface area contributed by atoms with Crippen molar-refractivity contribution >= 4 is 23.1 Å². The number of carbonyl (C=O) groups excluding carboxylic acids is 1. The minimum absolute atomic E-state index is 0.0747. The van der Waals surface area contributed by atoms with E-state index in [4.69, 9.17) is 0 Å². The molecule has 2 amide bonds. The number of benzene rings is 2. The monoisotopic (exact) mass is 276 g/mol. The van der Waals surface area contributed by atoms with E-state index >= 15 is 0 Å². The van der Waals surface area contributed by atoms with E-state index in [0.717, 1.165) is 41.9 Å². The van der Waals surface area contributed by atoms with Gasteiger partial charge in [0.25, 0.3) is 0 Å². The van der Waals surface area contributed by atoms with Gasteiger partial charge in [0, 0.05) is 5.56 Å². The minimum Gasteiger partial charge on any atom is -0.307 e. The van der Waals surface area contributed by atoms with Crippen LogP contribution in [0, 0.1) is 0 Å². The Balaban J connectivity index is 1.94. The molecular formula is C18H16N2O. The second kappa shape index (κ2) is 4.77. The number of urea groups is 1. The van der Waals surface area contributed by atoms with Crippen molar-refractivity contribution in [2.45, 2.75) is 19.3 Å². The predicted molar refractivity (Wildman–Crippen MR) is 85.3 cm³/mol. The molecule has 3 nitrogen and oxygen atoms in total. The third-order valence-corrected chi connectivity index (χ3v) is 4.11. The zero-order valence-corrected chi connectivity index (χ0v) is 11.7. The molecule has 2 aliphatic heterocycles. The molecule has 0 aliphatic carbocycles. The molecule has 0 spiro atoms. The number of fused-ring (bicyclic) bond motifs is 5. The third-order valence-electron chi connectivity index (χ3n) is 4.11. The average Bonchev–Trinajstić information content (AvgIpc) is 2.49. The van der Waals surface area contributed by atoms with Gasteiger partial charge in [-0.3, -0.25) is 4.90 Å². The average molecular weight is 276 g/mol. The molecular weight excluding hydrogens is 260 g/mol. The maximum atomic E-state index is 12.6. The molecule has 1 N–H and O–H groups in total. The van der Waals surface area contributed by atoms with E-state index in [1.54, 1.807) is 0 Å². The fourth-order valence-corrected chi connectivity index (χ4v) is 3.13. The summed E-state index contributed by atoms with van der Waals surface area (Å²) in [5.74, 6) is 0. The van der Waals surface area contributed by atoms with E-state index in [-0.39, 0.29) is 6.03 Å². The number of nitrogens with one attached hydrogen (secondary N) is 1. The number of para-hydroxylation sites is 2. The summed E-state index contributed by atoms with van der Waals surface area (Å²) in [5, 5.41) is 2.99. The van der Waals surface area contributed by atoms with Gasteiger partial charge in [-0.15, -0.1) is 0 Å². The summed E-state index contributed by atoms with van der Waals surface area (Å²) >= 11 is 0. The van der Waals surface area contributed by atoms with E-state index in [0.29, 0.717) is 0 Å². The Morgan fingerprint density at radius 3 is 2.76 bits per heavy atom. The van der Waals surface area contributed by atoms with E-state index in [9.17, 15) is 4.79 Å². The first-order chi connectivity index (χ1) is 10.3. The lowest BCUT2D eigenvalue weighted by Gasteiger charge is -2.34. The fourth-order valence-electron chi connectivity index (χ4n) is 3.13. The summed E-state index contributed by atoms with van der Waals surface area (Å²) in [4.78, 5) is 14.4. The number of allylic oxidation sites excluding steroid dienone is 1. The molecule has 4 rings (SSSR count). The van der Waals surface area contributed by atoms with Gasteiger partial charge in [0.2, 0.25) is 0 Å². The number of amides is 2. The van der Waals surface area contributed by atoms with Crippen molar-refractivity contribution in [2.24, 2.45) is 0 Å². The van der Waals surface area contributed by atoms with Gasteiger partial charge in [0.05, 0.1) is 17.1 Å². The molecule has 2 heterocycles. The van der Waals surface area contributed by atoms with Crippen molar-refractivity contribution in [2.75, 3.05) is 10.2 Å². The smallest absolute Gasteiger partial charge is 0.307 e. The maximum Gasteiger partial charge on any atom is 0.330 e. The van der Waals surface area contributed by atoms with Crippen LogP contribution in [0.15, 0.2) is 54.6 Å². The van der Waals surface area contributed by atoms with Crippen molar-refractivity contribution in [3.63, 3.8) is 0 Å². The van der Waals surface area contributed by atoms with Gasteiger partial charge in [-0.2, -0.15) is 0 Å². The Kier molecular flexibility index (Phi) is 2.78. The first-order valence-electron chi connectivity index (χ1n) is 7.33. The Hall–Kier alpha value is -2.55. The van der Waals surface area contributed by atoms with Crippen molar-refractivity contribution in [3.8, 4) is 0 Å². The third kappa shape index (κ3) is 1.93.